The lowest BCUT2D eigenvalue weighted by Crippen LogP contribution is -2.16. The summed E-state index contributed by atoms with van der Waals surface area (Å²) in [6, 6.07) is 1.88. The molecule has 4 heteroatoms. The van der Waals surface area contributed by atoms with Crippen LogP contribution in [-0.4, -0.2) is 15.3 Å². The third-order valence-corrected chi connectivity index (χ3v) is 2.17. The SMILES string of the molecule is CC(C)C(N)c1c(O)cc(O)cc1O. The van der Waals surface area contributed by atoms with E-state index in [1.54, 1.807) is 0 Å². The van der Waals surface area contributed by atoms with Crippen LogP contribution < -0.4 is 5.73 Å². The van der Waals surface area contributed by atoms with E-state index in [1.165, 1.54) is 0 Å². The second-order valence-corrected chi connectivity index (χ2v) is 3.67. The highest BCUT2D eigenvalue weighted by Gasteiger charge is 2.19. The predicted molar refractivity (Wildman–Crippen MR) is 53.2 cm³/mol. The maximum Gasteiger partial charge on any atom is 0.127 e. The maximum atomic E-state index is 9.49. The van der Waals surface area contributed by atoms with Crippen molar-refractivity contribution in [3.63, 3.8) is 0 Å². The van der Waals surface area contributed by atoms with Gasteiger partial charge in [0.15, 0.2) is 0 Å². The van der Waals surface area contributed by atoms with Crippen LogP contribution >= 0.6 is 0 Å². The Morgan fingerprint density at radius 3 is 1.86 bits per heavy atom. The summed E-state index contributed by atoms with van der Waals surface area (Å²) in [5, 5.41) is 28.1. The van der Waals surface area contributed by atoms with E-state index in [2.05, 4.69) is 0 Å². The molecule has 1 unspecified atom stereocenters. The molecule has 0 heterocycles. The average Bonchev–Trinajstić information content (AvgIpc) is 2.01. The molecule has 4 nitrogen and oxygen atoms in total. The summed E-state index contributed by atoms with van der Waals surface area (Å²) in [7, 11) is 0. The summed E-state index contributed by atoms with van der Waals surface area (Å²) in [5.74, 6) is -0.441. The first kappa shape index (κ1) is 10.7. The molecule has 5 N–H and O–H groups in total. The van der Waals surface area contributed by atoms with Crippen molar-refractivity contribution in [3.05, 3.63) is 17.7 Å². The predicted octanol–water partition coefficient (Wildman–Crippen LogP) is 1.46. The van der Waals surface area contributed by atoms with E-state index in [9.17, 15) is 10.2 Å². The molecule has 0 bridgehead atoms. The summed E-state index contributed by atoms with van der Waals surface area (Å²) in [6.45, 7) is 3.77. The van der Waals surface area contributed by atoms with Gasteiger partial charge in [-0.2, -0.15) is 0 Å². The van der Waals surface area contributed by atoms with Crippen LogP contribution in [0.15, 0.2) is 12.1 Å². The number of phenols is 3. The minimum atomic E-state index is -0.449. The number of benzene rings is 1. The van der Waals surface area contributed by atoms with Crippen molar-refractivity contribution in [2.24, 2.45) is 11.7 Å². The largest absolute Gasteiger partial charge is 0.508 e. The van der Waals surface area contributed by atoms with Crippen LogP contribution in [0.3, 0.4) is 0 Å². The summed E-state index contributed by atoms with van der Waals surface area (Å²) in [5.41, 5.74) is 6.06. The monoisotopic (exact) mass is 197 g/mol. The summed E-state index contributed by atoms with van der Waals surface area (Å²) < 4.78 is 0. The van der Waals surface area contributed by atoms with Crippen molar-refractivity contribution in [2.45, 2.75) is 19.9 Å². The van der Waals surface area contributed by atoms with Gasteiger partial charge < -0.3 is 21.1 Å². The van der Waals surface area contributed by atoms with Crippen molar-refractivity contribution in [3.8, 4) is 17.2 Å². The van der Waals surface area contributed by atoms with Gasteiger partial charge >= 0.3 is 0 Å². The Hall–Kier alpha value is -1.42. The van der Waals surface area contributed by atoms with Gasteiger partial charge in [-0.25, -0.2) is 0 Å². The van der Waals surface area contributed by atoms with Crippen LogP contribution in [0.4, 0.5) is 0 Å². The zero-order valence-corrected chi connectivity index (χ0v) is 8.23. The molecule has 0 saturated heterocycles. The van der Waals surface area contributed by atoms with Gasteiger partial charge in [0.2, 0.25) is 0 Å². The zero-order chi connectivity index (χ0) is 10.9. The Balaban J connectivity index is 3.20. The molecule has 1 aromatic carbocycles. The molecule has 1 rings (SSSR count). The van der Waals surface area contributed by atoms with E-state index in [-0.39, 0.29) is 28.7 Å². The summed E-state index contributed by atoms with van der Waals surface area (Å²) in [4.78, 5) is 0. The molecular weight excluding hydrogens is 182 g/mol. The second kappa shape index (κ2) is 3.75. The molecule has 0 aliphatic rings. The number of phenolic OH excluding ortho intramolecular Hbond substituents is 3. The number of nitrogens with two attached hydrogens (primary N) is 1. The van der Waals surface area contributed by atoms with E-state index >= 15 is 0 Å². The first-order valence-corrected chi connectivity index (χ1v) is 4.44. The summed E-state index contributed by atoms with van der Waals surface area (Å²) >= 11 is 0. The molecule has 1 aromatic rings. The van der Waals surface area contributed by atoms with Gasteiger partial charge in [-0.1, -0.05) is 13.8 Å². The fraction of sp³-hybridized carbons (Fsp3) is 0.400. The highest BCUT2D eigenvalue weighted by Crippen LogP contribution is 2.37. The molecular formula is C10H15NO3. The molecule has 0 amide bonds. The molecule has 0 saturated carbocycles. The van der Waals surface area contributed by atoms with Gasteiger partial charge in [-0.15, -0.1) is 0 Å². The van der Waals surface area contributed by atoms with Gasteiger partial charge in [0.1, 0.15) is 17.2 Å². The number of rotatable bonds is 2. The molecule has 14 heavy (non-hydrogen) atoms. The van der Waals surface area contributed by atoms with Gasteiger partial charge in [0.25, 0.3) is 0 Å². The second-order valence-electron chi connectivity index (χ2n) is 3.67. The minimum Gasteiger partial charge on any atom is -0.508 e. The molecule has 78 valence electrons. The van der Waals surface area contributed by atoms with Crippen LogP contribution in [0.2, 0.25) is 0 Å². The van der Waals surface area contributed by atoms with E-state index in [1.807, 2.05) is 13.8 Å². The Kier molecular flexibility index (Phi) is 2.86. The molecule has 0 aromatic heterocycles. The standard InChI is InChI=1S/C10H15NO3/c1-5(2)10(11)9-7(13)3-6(12)4-8(9)14/h3-5,10,12-14H,11H2,1-2H3. The van der Waals surface area contributed by atoms with Crippen molar-refractivity contribution < 1.29 is 15.3 Å². The van der Waals surface area contributed by atoms with Gasteiger partial charge in [-0.05, 0) is 5.92 Å². The molecule has 0 fully saturated rings. The van der Waals surface area contributed by atoms with Gasteiger partial charge in [0, 0.05) is 18.2 Å². The van der Waals surface area contributed by atoms with E-state index < -0.39 is 6.04 Å². The number of aromatic hydroxyl groups is 3. The smallest absolute Gasteiger partial charge is 0.127 e. The number of hydrogen-bond donors (Lipinski definition) is 4. The number of hydrogen-bond acceptors (Lipinski definition) is 4. The van der Waals surface area contributed by atoms with Crippen LogP contribution in [-0.2, 0) is 0 Å². The van der Waals surface area contributed by atoms with Crippen molar-refractivity contribution in [1.29, 1.82) is 0 Å². The Morgan fingerprint density at radius 1 is 1.07 bits per heavy atom. The van der Waals surface area contributed by atoms with Crippen molar-refractivity contribution in [2.75, 3.05) is 0 Å². The fourth-order valence-electron chi connectivity index (χ4n) is 1.28. The normalized spacial score (nSPS) is 13.1. The quantitative estimate of drug-likeness (QED) is 0.578. The summed E-state index contributed by atoms with van der Waals surface area (Å²) in [6.07, 6.45) is 0. The van der Waals surface area contributed by atoms with Crippen LogP contribution in [0.5, 0.6) is 17.2 Å². The highest BCUT2D eigenvalue weighted by molar-refractivity contribution is 5.50. The lowest BCUT2D eigenvalue weighted by Gasteiger charge is -2.18. The average molecular weight is 197 g/mol. The van der Waals surface area contributed by atoms with Crippen LogP contribution in [0, 0.1) is 5.92 Å². The first-order valence-electron chi connectivity index (χ1n) is 4.44. The van der Waals surface area contributed by atoms with E-state index in [0.29, 0.717) is 0 Å². The molecule has 0 radical (unpaired) electrons. The topological polar surface area (TPSA) is 86.7 Å². The Morgan fingerprint density at radius 2 is 1.50 bits per heavy atom. The fourth-order valence-corrected chi connectivity index (χ4v) is 1.28. The zero-order valence-electron chi connectivity index (χ0n) is 8.23. The van der Waals surface area contributed by atoms with Gasteiger partial charge in [0.05, 0.1) is 5.56 Å². The van der Waals surface area contributed by atoms with E-state index in [4.69, 9.17) is 10.8 Å². The first-order chi connectivity index (χ1) is 6.43. The molecule has 1 atom stereocenters. The third kappa shape index (κ3) is 1.90. The molecule has 0 aliphatic carbocycles. The van der Waals surface area contributed by atoms with Crippen LogP contribution in [0.25, 0.3) is 0 Å². The lowest BCUT2D eigenvalue weighted by atomic mass is 9.95. The lowest BCUT2D eigenvalue weighted by molar-refractivity contribution is 0.395. The van der Waals surface area contributed by atoms with Crippen molar-refractivity contribution >= 4 is 0 Å². The minimum absolute atomic E-state index is 0.0938. The Bertz CT molecular complexity index is 313. The maximum absolute atomic E-state index is 9.49. The van der Waals surface area contributed by atoms with E-state index in [0.717, 1.165) is 12.1 Å². The van der Waals surface area contributed by atoms with Gasteiger partial charge in [-0.3, -0.25) is 0 Å². The van der Waals surface area contributed by atoms with Crippen LogP contribution in [0.1, 0.15) is 25.5 Å². The Labute approximate surface area is 82.6 Å². The highest BCUT2D eigenvalue weighted by atomic mass is 16.3. The third-order valence-electron chi connectivity index (χ3n) is 2.17. The molecule has 0 spiro atoms. The molecule has 0 aliphatic heterocycles. The van der Waals surface area contributed by atoms with Crippen molar-refractivity contribution in [1.82, 2.24) is 0 Å².